The van der Waals surface area contributed by atoms with Crippen LogP contribution in [0, 0.1) is 5.41 Å². The number of carbonyl (C=O) groups is 1. The topological polar surface area (TPSA) is 97.0 Å². The molecule has 1 N–H and O–H groups in total. The molecule has 0 aromatic carbocycles. The van der Waals surface area contributed by atoms with Gasteiger partial charge in [-0.25, -0.2) is 4.79 Å². The van der Waals surface area contributed by atoms with Gasteiger partial charge in [-0.3, -0.25) is 23.6 Å². The van der Waals surface area contributed by atoms with E-state index in [2.05, 4.69) is 4.90 Å². The number of likely N-dealkylation sites (tertiary alicyclic amines) is 2. The van der Waals surface area contributed by atoms with Gasteiger partial charge in [0.2, 0.25) is 0 Å². The summed E-state index contributed by atoms with van der Waals surface area (Å²) >= 11 is 0. The van der Waals surface area contributed by atoms with Crippen LogP contribution in [0.15, 0.2) is 15.7 Å². The lowest BCUT2D eigenvalue weighted by Crippen LogP contribution is -2.57. The van der Waals surface area contributed by atoms with E-state index < -0.39 is 11.2 Å². The lowest BCUT2D eigenvalue weighted by molar-refractivity contribution is -0.0695. The molecular weight excluding hydrogens is 388 g/mol. The standard InChI is InChI=1S/C21H32N4O5/c1-22-17(11-18(27)23(2)20(22)29)19(28)24-7-5-21(6-8-24)12-16(26)13-25(14-21)15-3-9-30-10-4-15/h11,15-16,26H,3-10,12-14H2,1-2H3. The number of amides is 1. The number of carbonyl (C=O) groups excluding carboxylic acids is 1. The van der Waals surface area contributed by atoms with E-state index in [1.54, 1.807) is 4.90 Å². The molecule has 1 aromatic heterocycles. The molecule has 9 heteroatoms. The summed E-state index contributed by atoms with van der Waals surface area (Å²) in [6.07, 6.45) is 4.05. The van der Waals surface area contributed by atoms with Crippen molar-refractivity contribution in [3.8, 4) is 0 Å². The van der Waals surface area contributed by atoms with Crippen molar-refractivity contribution in [2.24, 2.45) is 19.5 Å². The summed E-state index contributed by atoms with van der Waals surface area (Å²) in [6, 6.07) is 1.70. The monoisotopic (exact) mass is 420 g/mol. The molecular formula is C21H32N4O5. The minimum atomic E-state index is -0.498. The SMILES string of the molecule is Cn1c(C(=O)N2CCC3(CC2)CC(O)CN(C2CCOCC2)C3)cc(=O)n(C)c1=O. The van der Waals surface area contributed by atoms with Crippen molar-refractivity contribution in [3.05, 3.63) is 32.6 Å². The average molecular weight is 421 g/mol. The third-order valence-electron chi connectivity index (χ3n) is 7.22. The van der Waals surface area contributed by atoms with Gasteiger partial charge in [-0.15, -0.1) is 0 Å². The molecule has 0 aliphatic carbocycles. The molecule has 0 radical (unpaired) electrons. The third-order valence-corrected chi connectivity index (χ3v) is 7.22. The zero-order valence-electron chi connectivity index (χ0n) is 17.9. The van der Waals surface area contributed by atoms with Gasteiger partial charge < -0.3 is 14.7 Å². The number of aliphatic hydroxyl groups excluding tert-OH is 1. The van der Waals surface area contributed by atoms with Crippen LogP contribution >= 0.6 is 0 Å². The summed E-state index contributed by atoms with van der Waals surface area (Å²) in [5.41, 5.74) is -0.836. The fourth-order valence-corrected chi connectivity index (χ4v) is 5.37. The molecule has 3 saturated heterocycles. The second kappa shape index (κ2) is 8.28. The Balaban J connectivity index is 1.46. The number of piperidine rings is 2. The zero-order chi connectivity index (χ0) is 21.5. The summed E-state index contributed by atoms with van der Waals surface area (Å²) in [4.78, 5) is 41.4. The number of aliphatic hydroxyl groups is 1. The van der Waals surface area contributed by atoms with Crippen LogP contribution in [0.25, 0.3) is 0 Å². The fraction of sp³-hybridized carbons (Fsp3) is 0.762. The maximum absolute atomic E-state index is 13.0. The van der Waals surface area contributed by atoms with Gasteiger partial charge in [0.15, 0.2) is 0 Å². The average Bonchev–Trinajstić information content (AvgIpc) is 2.75. The first kappa shape index (κ1) is 21.3. The van der Waals surface area contributed by atoms with Gasteiger partial charge in [-0.2, -0.15) is 0 Å². The van der Waals surface area contributed by atoms with Gasteiger partial charge in [0, 0.05) is 65.6 Å². The van der Waals surface area contributed by atoms with Gasteiger partial charge in [-0.1, -0.05) is 0 Å². The number of nitrogens with zero attached hydrogens (tertiary/aromatic N) is 4. The Hall–Kier alpha value is -1.97. The van der Waals surface area contributed by atoms with E-state index in [0.717, 1.165) is 56.4 Å². The number of β-amino-alcohol motifs (C(OH)–C–C–N with tert-alkyl or cyclic N) is 1. The highest BCUT2D eigenvalue weighted by molar-refractivity contribution is 5.92. The van der Waals surface area contributed by atoms with Crippen LogP contribution in [0.5, 0.6) is 0 Å². The molecule has 166 valence electrons. The van der Waals surface area contributed by atoms with Crippen molar-refractivity contribution < 1.29 is 14.6 Å². The molecule has 30 heavy (non-hydrogen) atoms. The zero-order valence-corrected chi connectivity index (χ0v) is 17.9. The van der Waals surface area contributed by atoms with Gasteiger partial charge in [-0.05, 0) is 37.5 Å². The van der Waals surface area contributed by atoms with Crippen LogP contribution in [0.1, 0.15) is 42.6 Å². The van der Waals surface area contributed by atoms with Crippen molar-refractivity contribution in [2.75, 3.05) is 39.4 Å². The summed E-state index contributed by atoms with van der Waals surface area (Å²) in [5, 5.41) is 10.6. The number of ether oxygens (including phenoxy) is 1. The molecule has 9 nitrogen and oxygen atoms in total. The number of aromatic nitrogens is 2. The molecule has 1 spiro atoms. The maximum atomic E-state index is 13.0. The number of hydrogen-bond donors (Lipinski definition) is 1. The molecule has 3 aliphatic rings. The molecule has 1 unspecified atom stereocenters. The van der Waals surface area contributed by atoms with E-state index in [1.165, 1.54) is 24.7 Å². The molecule has 4 heterocycles. The maximum Gasteiger partial charge on any atom is 0.331 e. The van der Waals surface area contributed by atoms with Gasteiger partial charge in [0.1, 0.15) is 5.69 Å². The van der Waals surface area contributed by atoms with Crippen LogP contribution in [0.2, 0.25) is 0 Å². The van der Waals surface area contributed by atoms with Crippen LogP contribution in [0.4, 0.5) is 0 Å². The first-order chi connectivity index (χ1) is 14.3. The predicted molar refractivity (Wildman–Crippen MR) is 111 cm³/mol. The fourth-order valence-electron chi connectivity index (χ4n) is 5.37. The van der Waals surface area contributed by atoms with E-state index in [-0.39, 0.29) is 23.1 Å². The smallest absolute Gasteiger partial charge is 0.331 e. The molecule has 1 amide bonds. The normalized spacial score (nSPS) is 25.6. The Morgan fingerprint density at radius 2 is 1.80 bits per heavy atom. The summed E-state index contributed by atoms with van der Waals surface area (Å²) < 4.78 is 7.73. The molecule has 3 aliphatic heterocycles. The van der Waals surface area contributed by atoms with E-state index in [4.69, 9.17) is 4.74 Å². The Labute approximate surface area is 175 Å². The first-order valence-electron chi connectivity index (χ1n) is 10.9. The predicted octanol–water partition coefficient (Wildman–Crippen LogP) is -0.448. The van der Waals surface area contributed by atoms with Crippen LogP contribution in [-0.2, 0) is 18.8 Å². The van der Waals surface area contributed by atoms with E-state index >= 15 is 0 Å². The summed E-state index contributed by atoms with van der Waals surface area (Å²) in [7, 11) is 2.92. The van der Waals surface area contributed by atoms with Gasteiger partial charge in [0.05, 0.1) is 6.10 Å². The molecule has 3 fully saturated rings. The van der Waals surface area contributed by atoms with Crippen LogP contribution in [0.3, 0.4) is 0 Å². The summed E-state index contributed by atoms with van der Waals surface area (Å²) in [5.74, 6) is -0.278. The second-order valence-corrected chi connectivity index (χ2v) is 9.19. The minimum Gasteiger partial charge on any atom is -0.392 e. The number of rotatable bonds is 2. The van der Waals surface area contributed by atoms with Gasteiger partial charge >= 0.3 is 5.69 Å². The molecule has 0 saturated carbocycles. The van der Waals surface area contributed by atoms with Crippen molar-refractivity contribution in [3.63, 3.8) is 0 Å². The van der Waals surface area contributed by atoms with Crippen molar-refractivity contribution >= 4 is 5.91 Å². The summed E-state index contributed by atoms with van der Waals surface area (Å²) in [6.45, 7) is 4.35. The minimum absolute atomic E-state index is 0.00541. The van der Waals surface area contributed by atoms with Crippen LogP contribution < -0.4 is 11.2 Å². The molecule has 1 atom stereocenters. The van der Waals surface area contributed by atoms with Crippen molar-refractivity contribution in [1.82, 2.24) is 18.9 Å². The molecule has 1 aromatic rings. The number of hydrogen-bond acceptors (Lipinski definition) is 6. The Bertz CT molecular complexity index is 909. The quantitative estimate of drug-likeness (QED) is 0.696. The second-order valence-electron chi connectivity index (χ2n) is 9.19. The third kappa shape index (κ3) is 3.98. The van der Waals surface area contributed by atoms with Crippen molar-refractivity contribution in [1.29, 1.82) is 0 Å². The Morgan fingerprint density at radius 3 is 2.47 bits per heavy atom. The Morgan fingerprint density at radius 1 is 1.13 bits per heavy atom. The van der Waals surface area contributed by atoms with E-state index in [1.807, 2.05) is 0 Å². The van der Waals surface area contributed by atoms with E-state index in [0.29, 0.717) is 25.7 Å². The lowest BCUT2D eigenvalue weighted by atomic mass is 9.71. The highest BCUT2D eigenvalue weighted by Crippen LogP contribution is 2.41. The van der Waals surface area contributed by atoms with Crippen molar-refractivity contribution in [2.45, 2.75) is 44.2 Å². The van der Waals surface area contributed by atoms with Gasteiger partial charge in [0.25, 0.3) is 11.5 Å². The lowest BCUT2D eigenvalue weighted by Gasteiger charge is -2.51. The highest BCUT2D eigenvalue weighted by atomic mass is 16.5. The molecule has 0 bridgehead atoms. The first-order valence-corrected chi connectivity index (χ1v) is 10.9. The highest BCUT2D eigenvalue weighted by Gasteiger charge is 2.44. The Kier molecular flexibility index (Phi) is 5.87. The van der Waals surface area contributed by atoms with E-state index in [9.17, 15) is 19.5 Å². The van der Waals surface area contributed by atoms with Crippen LogP contribution in [-0.4, -0.2) is 81.5 Å². The largest absolute Gasteiger partial charge is 0.392 e. The molecule has 4 rings (SSSR count).